The number of aromatic nitrogens is 1. The van der Waals surface area contributed by atoms with Gasteiger partial charge in [-0.25, -0.2) is 4.79 Å². The van der Waals surface area contributed by atoms with Crippen molar-refractivity contribution < 1.29 is 19.4 Å². The van der Waals surface area contributed by atoms with Crippen molar-refractivity contribution >= 4 is 22.6 Å². The predicted octanol–water partition coefficient (Wildman–Crippen LogP) is 2.42. The molecule has 3 aromatic rings. The molecule has 1 atom stereocenters. The summed E-state index contributed by atoms with van der Waals surface area (Å²) in [5.74, 6) is -0.258. The monoisotopic (exact) mass is 368 g/mol. The molecule has 0 fully saturated rings. The third-order valence-corrected chi connectivity index (χ3v) is 4.45. The highest BCUT2D eigenvalue weighted by Crippen LogP contribution is 2.29. The number of aliphatic hydroxyl groups is 1. The van der Waals surface area contributed by atoms with Crippen molar-refractivity contribution in [1.29, 1.82) is 0 Å². The molecule has 0 saturated carbocycles. The minimum Gasteiger partial charge on any atom is -0.497 e. The van der Waals surface area contributed by atoms with Crippen LogP contribution in [0.3, 0.4) is 0 Å². The van der Waals surface area contributed by atoms with E-state index in [0.29, 0.717) is 27.9 Å². The first-order chi connectivity index (χ1) is 12.9. The predicted molar refractivity (Wildman–Crippen MR) is 102 cm³/mol. The summed E-state index contributed by atoms with van der Waals surface area (Å²) in [7, 11) is 2.72. The van der Waals surface area contributed by atoms with Gasteiger partial charge in [0, 0.05) is 17.1 Å². The molecule has 7 nitrogen and oxygen atoms in total. The van der Waals surface area contributed by atoms with Crippen LogP contribution in [0.2, 0.25) is 0 Å². The van der Waals surface area contributed by atoms with Crippen LogP contribution in [-0.2, 0) is 4.74 Å². The molecular formula is C20H20N2O5. The Morgan fingerprint density at radius 3 is 2.37 bits per heavy atom. The standard InChI is InChI=1S/C20H20N2O5/c1-11(23)12-4-6-13(7-5-12)22-16-10-14(26-2)8-9-15(16)18(21)17(19(22)24)20(25)27-3/h4-11,23H,21H2,1-3H3/t11-/m1/s1. The van der Waals surface area contributed by atoms with Crippen molar-refractivity contribution in [3.05, 3.63) is 63.9 Å². The highest BCUT2D eigenvalue weighted by molar-refractivity contribution is 6.04. The third-order valence-electron chi connectivity index (χ3n) is 4.45. The Morgan fingerprint density at radius 1 is 1.15 bits per heavy atom. The lowest BCUT2D eigenvalue weighted by atomic mass is 10.1. The summed E-state index contributed by atoms with van der Waals surface area (Å²) in [4.78, 5) is 25.3. The van der Waals surface area contributed by atoms with Gasteiger partial charge in [-0.1, -0.05) is 12.1 Å². The molecule has 140 valence electrons. The van der Waals surface area contributed by atoms with Crippen LogP contribution in [0.4, 0.5) is 5.69 Å². The summed E-state index contributed by atoms with van der Waals surface area (Å²) in [6.45, 7) is 1.65. The van der Waals surface area contributed by atoms with Crippen LogP contribution in [0, 0.1) is 0 Å². The lowest BCUT2D eigenvalue weighted by Crippen LogP contribution is -2.28. The zero-order valence-electron chi connectivity index (χ0n) is 15.2. The SMILES string of the molecule is COC(=O)c1c(N)c2ccc(OC)cc2n(-c2ccc([C@@H](C)O)cc2)c1=O. The Kier molecular flexibility index (Phi) is 4.87. The maximum Gasteiger partial charge on any atom is 0.345 e. The second-order valence-electron chi connectivity index (χ2n) is 6.07. The number of anilines is 1. The molecule has 1 heterocycles. The van der Waals surface area contributed by atoms with E-state index in [1.807, 2.05) is 0 Å². The molecular weight excluding hydrogens is 348 g/mol. The number of ether oxygens (including phenoxy) is 2. The van der Waals surface area contributed by atoms with Crippen molar-refractivity contribution in [1.82, 2.24) is 4.57 Å². The quantitative estimate of drug-likeness (QED) is 0.686. The van der Waals surface area contributed by atoms with Crippen LogP contribution < -0.4 is 16.0 Å². The Labute approximate surface area is 155 Å². The number of hydrogen-bond donors (Lipinski definition) is 2. The second kappa shape index (κ2) is 7.13. The fourth-order valence-corrected chi connectivity index (χ4v) is 2.98. The molecule has 7 heteroatoms. The fraction of sp³-hybridized carbons (Fsp3) is 0.200. The van der Waals surface area contributed by atoms with Crippen molar-refractivity contribution in [3.8, 4) is 11.4 Å². The topological polar surface area (TPSA) is 104 Å². The molecule has 0 radical (unpaired) electrons. The minimum atomic E-state index is -0.801. The van der Waals surface area contributed by atoms with E-state index in [1.165, 1.54) is 18.8 Å². The highest BCUT2D eigenvalue weighted by atomic mass is 16.5. The third kappa shape index (κ3) is 3.13. The van der Waals surface area contributed by atoms with Gasteiger partial charge in [-0.05, 0) is 36.8 Å². The molecule has 0 bridgehead atoms. The molecule has 3 N–H and O–H groups in total. The number of aliphatic hydroxyl groups excluding tert-OH is 1. The van der Waals surface area contributed by atoms with E-state index in [4.69, 9.17) is 15.2 Å². The normalized spacial score (nSPS) is 12.0. The Balaban J connectivity index is 2.41. The Hall–Kier alpha value is -3.32. The van der Waals surface area contributed by atoms with E-state index >= 15 is 0 Å². The van der Waals surface area contributed by atoms with Crippen LogP contribution >= 0.6 is 0 Å². The summed E-state index contributed by atoms with van der Waals surface area (Å²) in [6, 6.07) is 11.9. The number of rotatable bonds is 4. The molecule has 27 heavy (non-hydrogen) atoms. The molecule has 1 aromatic heterocycles. The van der Waals surface area contributed by atoms with Crippen LogP contribution in [0.25, 0.3) is 16.6 Å². The lowest BCUT2D eigenvalue weighted by molar-refractivity contribution is 0.0600. The average Bonchev–Trinajstić information content (AvgIpc) is 2.67. The number of nitrogens with two attached hydrogens (primary N) is 1. The van der Waals surface area contributed by atoms with Gasteiger partial charge in [0.25, 0.3) is 5.56 Å². The summed E-state index contributed by atoms with van der Waals surface area (Å²) in [5.41, 5.74) is 7.07. The van der Waals surface area contributed by atoms with Gasteiger partial charge in [0.1, 0.15) is 11.3 Å². The van der Waals surface area contributed by atoms with Crippen LogP contribution in [-0.4, -0.2) is 29.9 Å². The zero-order valence-corrected chi connectivity index (χ0v) is 15.2. The lowest BCUT2D eigenvalue weighted by Gasteiger charge is -2.16. The molecule has 0 amide bonds. The molecule has 2 aromatic carbocycles. The smallest absolute Gasteiger partial charge is 0.345 e. The zero-order chi connectivity index (χ0) is 19.7. The number of methoxy groups -OCH3 is 2. The number of fused-ring (bicyclic) bond motifs is 1. The maximum atomic E-state index is 13.1. The largest absolute Gasteiger partial charge is 0.497 e. The van der Waals surface area contributed by atoms with Gasteiger partial charge in [0.2, 0.25) is 0 Å². The maximum absolute atomic E-state index is 13.1. The summed E-state index contributed by atoms with van der Waals surface area (Å²) < 4.78 is 11.4. The van der Waals surface area contributed by atoms with E-state index in [-0.39, 0.29) is 11.3 Å². The summed E-state index contributed by atoms with van der Waals surface area (Å²) in [6.07, 6.45) is -0.635. The van der Waals surface area contributed by atoms with E-state index in [0.717, 1.165) is 0 Å². The van der Waals surface area contributed by atoms with Gasteiger partial charge in [0.15, 0.2) is 0 Å². The minimum absolute atomic E-state index is 0.0568. The number of hydrogen-bond acceptors (Lipinski definition) is 6. The van der Waals surface area contributed by atoms with E-state index in [1.54, 1.807) is 49.4 Å². The van der Waals surface area contributed by atoms with E-state index < -0.39 is 17.6 Å². The van der Waals surface area contributed by atoms with Gasteiger partial charge in [0.05, 0.1) is 31.5 Å². The van der Waals surface area contributed by atoms with E-state index in [2.05, 4.69) is 0 Å². The Morgan fingerprint density at radius 2 is 1.81 bits per heavy atom. The number of carbonyl (C=O) groups is 1. The molecule has 0 spiro atoms. The van der Waals surface area contributed by atoms with Gasteiger partial charge in [-0.15, -0.1) is 0 Å². The molecule has 0 aliphatic carbocycles. The summed E-state index contributed by atoms with van der Waals surface area (Å²) >= 11 is 0. The first kappa shape index (κ1) is 18.5. The van der Waals surface area contributed by atoms with Crippen LogP contribution in [0.5, 0.6) is 5.75 Å². The molecule has 0 unspecified atom stereocenters. The van der Waals surface area contributed by atoms with Crippen molar-refractivity contribution in [2.75, 3.05) is 20.0 Å². The second-order valence-corrected chi connectivity index (χ2v) is 6.07. The molecule has 0 aliphatic heterocycles. The van der Waals surface area contributed by atoms with Gasteiger partial charge in [-0.2, -0.15) is 0 Å². The van der Waals surface area contributed by atoms with Gasteiger partial charge < -0.3 is 20.3 Å². The number of esters is 1. The van der Waals surface area contributed by atoms with Crippen LogP contribution in [0.1, 0.15) is 28.9 Å². The molecule has 0 saturated heterocycles. The first-order valence-electron chi connectivity index (χ1n) is 8.28. The highest BCUT2D eigenvalue weighted by Gasteiger charge is 2.22. The number of benzene rings is 2. The summed E-state index contributed by atoms with van der Waals surface area (Å²) in [5, 5.41) is 10.2. The number of pyridine rings is 1. The molecule has 0 aliphatic rings. The van der Waals surface area contributed by atoms with Crippen molar-refractivity contribution in [3.63, 3.8) is 0 Å². The van der Waals surface area contributed by atoms with Gasteiger partial charge >= 0.3 is 5.97 Å². The average molecular weight is 368 g/mol. The first-order valence-corrected chi connectivity index (χ1v) is 8.28. The van der Waals surface area contributed by atoms with E-state index in [9.17, 15) is 14.7 Å². The number of nitrogen functional groups attached to an aromatic ring is 1. The van der Waals surface area contributed by atoms with Crippen molar-refractivity contribution in [2.24, 2.45) is 0 Å². The number of carbonyl (C=O) groups excluding carboxylic acids is 1. The molecule has 3 rings (SSSR count). The Bertz CT molecular complexity index is 1070. The van der Waals surface area contributed by atoms with Gasteiger partial charge in [-0.3, -0.25) is 9.36 Å². The van der Waals surface area contributed by atoms with Crippen LogP contribution in [0.15, 0.2) is 47.3 Å². The number of nitrogens with zero attached hydrogens (tertiary/aromatic N) is 1. The fourth-order valence-electron chi connectivity index (χ4n) is 2.98. The van der Waals surface area contributed by atoms with Crippen molar-refractivity contribution in [2.45, 2.75) is 13.0 Å².